The minimum absolute atomic E-state index is 0. The van der Waals surface area contributed by atoms with Crippen molar-refractivity contribution in [3.05, 3.63) is 134 Å². The molecular formula is C30H20IrN2-2. The second-order valence-electron chi connectivity index (χ2n) is 7.39. The zero-order valence-electron chi connectivity index (χ0n) is 17.8. The first-order valence-corrected chi connectivity index (χ1v) is 10.5. The molecule has 33 heavy (non-hydrogen) atoms. The van der Waals surface area contributed by atoms with E-state index in [0.29, 0.717) is 0 Å². The maximum absolute atomic E-state index is 4.45. The monoisotopic (exact) mass is 601 g/mol. The summed E-state index contributed by atoms with van der Waals surface area (Å²) < 4.78 is 0. The normalized spacial score (nSPS) is 10.2. The SMILES string of the molecule is [Ir].[c-]1ccccc1-c1cc2ccccc2cn1.[c-]1ccccc1-c1cc2ccccc2cn1. The van der Waals surface area contributed by atoms with Gasteiger partial charge in [0.2, 0.25) is 0 Å². The van der Waals surface area contributed by atoms with Gasteiger partial charge in [-0.15, -0.1) is 71.8 Å². The van der Waals surface area contributed by atoms with Crippen molar-refractivity contribution in [1.29, 1.82) is 0 Å². The van der Waals surface area contributed by atoms with Crippen LogP contribution in [0.15, 0.2) is 122 Å². The van der Waals surface area contributed by atoms with Crippen LogP contribution in [-0.4, -0.2) is 9.97 Å². The Hall–Kier alpha value is -3.65. The molecule has 0 saturated heterocycles. The Balaban J connectivity index is 0.000000152. The van der Waals surface area contributed by atoms with Crippen molar-refractivity contribution in [2.45, 2.75) is 0 Å². The molecule has 0 N–H and O–H groups in total. The summed E-state index contributed by atoms with van der Waals surface area (Å²) in [5, 5.41) is 4.76. The van der Waals surface area contributed by atoms with Crippen molar-refractivity contribution in [2.24, 2.45) is 0 Å². The molecule has 0 bridgehead atoms. The molecule has 0 spiro atoms. The van der Waals surface area contributed by atoms with E-state index >= 15 is 0 Å². The standard InChI is InChI=1S/2C15H10N.Ir/c2*1-2-6-12(7-3-1)15-10-13-8-4-5-9-14(13)11-16-15;/h2*1-6,8-11H;/q2*-1;. The molecule has 0 fully saturated rings. The Labute approximate surface area is 207 Å². The molecule has 3 heteroatoms. The van der Waals surface area contributed by atoms with Crippen molar-refractivity contribution in [3.8, 4) is 22.5 Å². The molecule has 0 saturated carbocycles. The summed E-state index contributed by atoms with van der Waals surface area (Å²) in [4.78, 5) is 8.89. The molecule has 2 aromatic heterocycles. The predicted octanol–water partition coefficient (Wildman–Crippen LogP) is 7.40. The summed E-state index contributed by atoms with van der Waals surface area (Å²) in [6.45, 7) is 0. The number of aromatic nitrogens is 2. The van der Waals surface area contributed by atoms with Gasteiger partial charge in [0.15, 0.2) is 0 Å². The number of nitrogens with zero attached hydrogens (tertiary/aromatic N) is 2. The first-order valence-electron chi connectivity index (χ1n) is 10.5. The third-order valence-electron chi connectivity index (χ3n) is 5.23. The first-order chi connectivity index (χ1) is 15.9. The first kappa shape index (κ1) is 22.5. The third-order valence-corrected chi connectivity index (χ3v) is 5.23. The fourth-order valence-corrected chi connectivity index (χ4v) is 3.57. The van der Waals surface area contributed by atoms with Gasteiger partial charge in [0, 0.05) is 32.5 Å². The van der Waals surface area contributed by atoms with Gasteiger partial charge < -0.3 is 9.97 Å². The van der Waals surface area contributed by atoms with Crippen molar-refractivity contribution in [3.63, 3.8) is 0 Å². The van der Waals surface area contributed by atoms with Crippen LogP contribution in [0.3, 0.4) is 0 Å². The van der Waals surface area contributed by atoms with Crippen molar-refractivity contribution in [1.82, 2.24) is 9.97 Å². The average molecular weight is 601 g/mol. The Kier molecular flexibility index (Phi) is 7.36. The van der Waals surface area contributed by atoms with Gasteiger partial charge in [-0.2, -0.15) is 0 Å². The van der Waals surface area contributed by atoms with Gasteiger partial charge in [0.1, 0.15) is 0 Å². The molecule has 2 heterocycles. The van der Waals surface area contributed by atoms with Crippen LogP contribution in [0.25, 0.3) is 44.1 Å². The van der Waals surface area contributed by atoms with Crippen LogP contribution < -0.4 is 0 Å². The summed E-state index contributed by atoms with van der Waals surface area (Å²) in [5.41, 5.74) is 4.01. The Morgan fingerprint density at radius 2 is 0.848 bits per heavy atom. The van der Waals surface area contributed by atoms with Crippen LogP contribution >= 0.6 is 0 Å². The van der Waals surface area contributed by atoms with Gasteiger partial charge in [-0.3, -0.25) is 0 Å². The van der Waals surface area contributed by atoms with Gasteiger partial charge in [-0.25, -0.2) is 0 Å². The molecule has 0 atom stereocenters. The zero-order valence-corrected chi connectivity index (χ0v) is 20.2. The second-order valence-corrected chi connectivity index (χ2v) is 7.39. The van der Waals surface area contributed by atoms with Crippen LogP contribution in [0.2, 0.25) is 0 Å². The number of hydrogen-bond acceptors (Lipinski definition) is 2. The number of pyridine rings is 2. The van der Waals surface area contributed by atoms with Gasteiger partial charge >= 0.3 is 0 Å². The van der Waals surface area contributed by atoms with E-state index in [1.165, 1.54) is 21.5 Å². The minimum Gasteiger partial charge on any atom is -0.304 e. The van der Waals surface area contributed by atoms with Crippen LogP contribution in [0.5, 0.6) is 0 Å². The van der Waals surface area contributed by atoms with E-state index < -0.39 is 0 Å². The van der Waals surface area contributed by atoms with E-state index in [1.807, 2.05) is 85.2 Å². The summed E-state index contributed by atoms with van der Waals surface area (Å²) in [6, 6.07) is 42.8. The van der Waals surface area contributed by atoms with E-state index in [1.54, 1.807) is 0 Å². The predicted molar refractivity (Wildman–Crippen MR) is 132 cm³/mol. The fourth-order valence-electron chi connectivity index (χ4n) is 3.57. The van der Waals surface area contributed by atoms with Gasteiger partial charge in [0.25, 0.3) is 0 Å². The molecule has 2 nitrogen and oxygen atoms in total. The van der Waals surface area contributed by atoms with Crippen LogP contribution in [-0.2, 0) is 20.1 Å². The second kappa shape index (κ2) is 10.8. The van der Waals surface area contributed by atoms with Gasteiger partial charge in [-0.1, -0.05) is 60.7 Å². The summed E-state index contributed by atoms with van der Waals surface area (Å²) in [6.07, 6.45) is 3.82. The molecular weight excluding hydrogens is 581 g/mol. The number of benzene rings is 4. The summed E-state index contributed by atoms with van der Waals surface area (Å²) in [5.74, 6) is 0. The molecule has 0 aliphatic rings. The Bertz CT molecular complexity index is 1350. The molecule has 0 aliphatic heterocycles. The fraction of sp³-hybridized carbons (Fsp3) is 0. The average Bonchev–Trinajstić information content (AvgIpc) is 2.89. The Morgan fingerprint density at radius 1 is 0.455 bits per heavy atom. The molecule has 1 radical (unpaired) electrons. The molecule has 0 aliphatic carbocycles. The van der Waals surface area contributed by atoms with Crippen molar-refractivity contribution in [2.75, 3.05) is 0 Å². The maximum Gasteiger partial charge on any atom is 0.0239 e. The van der Waals surface area contributed by atoms with E-state index in [-0.39, 0.29) is 20.1 Å². The topological polar surface area (TPSA) is 25.8 Å². The maximum atomic E-state index is 4.45. The van der Waals surface area contributed by atoms with E-state index in [2.05, 4.69) is 58.5 Å². The van der Waals surface area contributed by atoms with E-state index in [9.17, 15) is 0 Å². The van der Waals surface area contributed by atoms with Crippen LogP contribution in [0.4, 0.5) is 0 Å². The van der Waals surface area contributed by atoms with E-state index in [0.717, 1.165) is 22.5 Å². The molecule has 4 aromatic carbocycles. The molecule has 0 unspecified atom stereocenters. The summed E-state index contributed by atoms with van der Waals surface area (Å²) in [7, 11) is 0. The van der Waals surface area contributed by atoms with Crippen LogP contribution in [0, 0.1) is 12.1 Å². The van der Waals surface area contributed by atoms with Crippen molar-refractivity contribution < 1.29 is 20.1 Å². The largest absolute Gasteiger partial charge is 0.304 e. The third kappa shape index (κ3) is 5.40. The number of hydrogen-bond donors (Lipinski definition) is 0. The van der Waals surface area contributed by atoms with E-state index in [4.69, 9.17) is 0 Å². The smallest absolute Gasteiger partial charge is 0.0239 e. The minimum atomic E-state index is 0. The zero-order chi connectivity index (χ0) is 21.6. The quantitative estimate of drug-likeness (QED) is 0.194. The number of fused-ring (bicyclic) bond motifs is 2. The molecule has 0 amide bonds. The Morgan fingerprint density at radius 3 is 1.24 bits per heavy atom. The molecule has 6 aromatic rings. The van der Waals surface area contributed by atoms with Crippen LogP contribution in [0.1, 0.15) is 0 Å². The van der Waals surface area contributed by atoms with Gasteiger partial charge in [0.05, 0.1) is 0 Å². The van der Waals surface area contributed by atoms with Gasteiger partial charge in [-0.05, 0) is 32.9 Å². The number of rotatable bonds is 2. The van der Waals surface area contributed by atoms with Crippen molar-refractivity contribution >= 4 is 21.5 Å². The molecule has 6 rings (SSSR count). The summed E-state index contributed by atoms with van der Waals surface area (Å²) >= 11 is 0. The molecule has 161 valence electrons.